The Morgan fingerprint density at radius 1 is 1.42 bits per heavy atom. The molecule has 0 aromatic heterocycles. The lowest BCUT2D eigenvalue weighted by atomic mass is 10.2. The van der Waals surface area contributed by atoms with Gasteiger partial charge in [-0.25, -0.2) is 0 Å². The van der Waals surface area contributed by atoms with Gasteiger partial charge in [0.2, 0.25) is 0 Å². The van der Waals surface area contributed by atoms with Crippen LogP contribution < -0.4 is 0 Å². The van der Waals surface area contributed by atoms with Crippen molar-refractivity contribution < 1.29 is 23.0 Å². The maximum Gasteiger partial charge on any atom is 0.414 e. The van der Waals surface area contributed by atoms with Gasteiger partial charge in [-0.2, -0.15) is 13.2 Å². The lowest BCUT2D eigenvalue weighted by Crippen LogP contribution is -2.28. The van der Waals surface area contributed by atoms with E-state index in [2.05, 4.69) is 0 Å². The molecular formula is C7H13F3O2. The van der Waals surface area contributed by atoms with Gasteiger partial charge in [-0.05, 0) is 19.8 Å². The fraction of sp³-hybridized carbons (Fsp3) is 1.00. The minimum absolute atomic E-state index is 0.231. The van der Waals surface area contributed by atoms with Crippen LogP contribution in [0, 0.1) is 0 Å². The number of alkyl halides is 3. The Morgan fingerprint density at radius 3 is 2.42 bits per heavy atom. The van der Waals surface area contributed by atoms with Crippen LogP contribution in [0.2, 0.25) is 0 Å². The fourth-order valence-corrected chi connectivity index (χ4v) is 0.687. The van der Waals surface area contributed by atoms with E-state index in [-0.39, 0.29) is 19.4 Å². The first kappa shape index (κ1) is 11.7. The molecule has 0 aliphatic heterocycles. The van der Waals surface area contributed by atoms with E-state index in [0.29, 0.717) is 6.61 Å². The summed E-state index contributed by atoms with van der Waals surface area (Å²) in [6.07, 6.45) is -6.76. The molecule has 0 saturated carbocycles. The molecule has 1 atom stereocenters. The quantitative estimate of drug-likeness (QED) is 0.662. The maximum absolute atomic E-state index is 11.7. The Balaban J connectivity index is 3.38. The number of rotatable bonds is 5. The predicted molar refractivity (Wildman–Crippen MR) is 37.8 cm³/mol. The topological polar surface area (TPSA) is 29.5 Å². The van der Waals surface area contributed by atoms with Crippen molar-refractivity contribution in [1.82, 2.24) is 0 Å². The monoisotopic (exact) mass is 186 g/mol. The lowest BCUT2D eigenvalue weighted by Gasteiger charge is -2.13. The van der Waals surface area contributed by atoms with Gasteiger partial charge in [0.25, 0.3) is 0 Å². The van der Waals surface area contributed by atoms with Crippen LogP contribution in [-0.2, 0) is 4.74 Å². The molecule has 0 rings (SSSR count). The zero-order valence-corrected chi connectivity index (χ0v) is 6.90. The number of halogens is 3. The molecule has 5 heteroatoms. The molecular weight excluding hydrogens is 173 g/mol. The molecule has 0 amide bonds. The molecule has 0 aliphatic carbocycles. The summed E-state index contributed by atoms with van der Waals surface area (Å²) in [7, 11) is 0. The molecule has 1 unspecified atom stereocenters. The van der Waals surface area contributed by atoms with Crippen LogP contribution in [0.15, 0.2) is 0 Å². The summed E-state index contributed by atoms with van der Waals surface area (Å²) < 4.78 is 39.8. The van der Waals surface area contributed by atoms with E-state index < -0.39 is 12.3 Å². The van der Waals surface area contributed by atoms with Gasteiger partial charge < -0.3 is 9.84 Å². The third-order valence-electron chi connectivity index (χ3n) is 1.35. The number of aliphatic hydroxyl groups is 1. The lowest BCUT2D eigenvalue weighted by molar-refractivity contribution is -0.206. The van der Waals surface area contributed by atoms with Crippen LogP contribution in [0.3, 0.4) is 0 Å². The highest BCUT2D eigenvalue weighted by Gasteiger charge is 2.37. The number of aliphatic hydroxyl groups excluding tert-OH is 1. The molecule has 0 aromatic carbocycles. The summed E-state index contributed by atoms with van der Waals surface area (Å²) in [4.78, 5) is 0. The average molecular weight is 186 g/mol. The summed E-state index contributed by atoms with van der Waals surface area (Å²) in [5.74, 6) is 0. The van der Waals surface area contributed by atoms with Gasteiger partial charge in [0.1, 0.15) is 6.10 Å². The predicted octanol–water partition coefficient (Wildman–Crippen LogP) is 1.73. The number of hydrogen-bond acceptors (Lipinski definition) is 2. The molecule has 0 fully saturated rings. The third-order valence-corrected chi connectivity index (χ3v) is 1.35. The molecule has 0 aliphatic rings. The van der Waals surface area contributed by atoms with E-state index in [1.165, 1.54) is 0 Å². The second-order valence-electron chi connectivity index (χ2n) is 2.40. The van der Waals surface area contributed by atoms with Crippen molar-refractivity contribution >= 4 is 0 Å². The van der Waals surface area contributed by atoms with Crippen LogP contribution in [0.5, 0.6) is 0 Å². The van der Waals surface area contributed by atoms with Crippen LogP contribution in [0.4, 0.5) is 13.2 Å². The highest BCUT2D eigenvalue weighted by molar-refractivity contribution is 4.64. The normalized spacial score (nSPS) is 14.8. The van der Waals surface area contributed by atoms with Gasteiger partial charge >= 0.3 is 6.18 Å². The van der Waals surface area contributed by atoms with E-state index in [4.69, 9.17) is 9.84 Å². The van der Waals surface area contributed by atoms with Crippen LogP contribution in [-0.4, -0.2) is 30.6 Å². The van der Waals surface area contributed by atoms with Crippen LogP contribution in [0.25, 0.3) is 0 Å². The second kappa shape index (κ2) is 5.37. The Hall–Kier alpha value is -0.290. The van der Waals surface area contributed by atoms with E-state index in [1.54, 1.807) is 6.92 Å². The van der Waals surface area contributed by atoms with E-state index >= 15 is 0 Å². The van der Waals surface area contributed by atoms with E-state index in [0.717, 1.165) is 0 Å². The van der Waals surface area contributed by atoms with Crippen molar-refractivity contribution in [2.45, 2.75) is 32.0 Å². The first-order chi connectivity index (χ1) is 5.48. The van der Waals surface area contributed by atoms with E-state index in [1.807, 2.05) is 0 Å². The zero-order valence-electron chi connectivity index (χ0n) is 6.90. The first-order valence-electron chi connectivity index (χ1n) is 3.81. The Labute approximate surface area is 69.3 Å². The van der Waals surface area contributed by atoms with Crippen molar-refractivity contribution in [1.29, 1.82) is 0 Å². The summed E-state index contributed by atoms with van der Waals surface area (Å²) in [6.45, 7) is 2.52. The third kappa shape index (κ3) is 5.37. The summed E-state index contributed by atoms with van der Waals surface area (Å²) in [6, 6.07) is 0. The molecule has 0 aromatic rings. The highest BCUT2D eigenvalue weighted by Crippen LogP contribution is 2.22. The van der Waals surface area contributed by atoms with Crippen molar-refractivity contribution in [3.8, 4) is 0 Å². The molecule has 1 N–H and O–H groups in total. The highest BCUT2D eigenvalue weighted by atomic mass is 19.4. The van der Waals surface area contributed by atoms with E-state index in [9.17, 15) is 13.2 Å². The minimum Gasteiger partial charge on any atom is -0.384 e. The molecule has 74 valence electrons. The van der Waals surface area contributed by atoms with Gasteiger partial charge in [0, 0.05) is 13.2 Å². The number of hydrogen-bond donors (Lipinski definition) is 1. The van der Waals surface area contributed by atoms with Crippen molar-refractivity contribution in [3.05, 3.63) is 0 Å². The van der Waals surface area contributed by atoms with Gasteiger partial charge in [-0.1, -0.05) is 0 Å². The average Bonchev–Trinajstić information content (AvgIpc) is 1.96. The van der Waals surface area contributed by atoms with Crippen LogP contribution >= 0.6 is 0 Å². The molecule has 0 spiro atoms. The molecule has 0 bridgehead atoms. The SMILES string of the molecule is CCOCCCC(O)C(F)(F)F. The largest absolute Gasteiger partial charge is 0.414 e. The standard InChI is InChI=1S/C7H13F3O2/c1-2-12-5-3-4-6(11)7(8,9)10/h6,11H,2-5H2,1H3. The Kier molecular flexibility index (Phi) is 5.24. The molecule has 0 radical (unpaired) electrons. The Morgan fingerprint density at radius 2 is 2.00 bits per heavy atom. The van der Waals surface area contributed by atoms with Gasteiger partial charge in [-0.15, -0.1) is 0 Å². The van der Waals surface area contributed by atoms with Gasteiger partial charge in [0.05, 0.1) is 0 Å². The summed E-state index contributed by atoms with van der Waals surface area (Å²) in [5.41, 5.74) is 0. The van der Waals surface area contributed by atoms with Crippen LogP contribution in [0.1, 0.15) is 19.8 Å². The van der Waals surface area contributed by atoms with Gasteiger partial charge in [-0.3, -0.25) is 0 Å². The van der Waals surface area contributed by atoms with Crippen molar-refractivity contribution in [2.75, 3.05) is 13.2 Å². The minimum atomic E-state index is -4.49. The number of ether oxygens (including phenoxy) is 1. The first-order valence-corrected chi connectivity index (χ1v) is 3.81. The Bertz CT molecular complexity index is 114. The van der Waals surface area contributed by atoms with Gasteiger partial charge in [0.15, 0.2) is 0 Å². The second-order valence-corrected chi connectivity index (χ2v) is 2.40. The molecule has 0 heterocycles. The maximum atomic E-state index is 11.7. The summed E-state index contributed by atoms with van der Waals surface area (Å²) in [5, 5.41) is 8.50. The zero-order chi connectivity index (χ0) is 9.61. The van der Waals surface area contributed by atoms with Crippen molar-refractivity contribution in [2.24, 2.45) is 0 Å². The molecule has 0 saturated heterocycles. The smallest absolute Gasteiger partial charge is 0.384 e. The molecule has 2 nitrogen and oxygen atoms in total. The summed E-state index contributed by atoms with van der Waals surface area (Å²) >= 11 is 0. The van der Waals surface area contributed by atoms with Crippen molar-refractivity contribution in [3.63, 3.8) is 0 Å². The molecule has 12 heavy (non-hydrogen) atoms. The fourth-order valence-electron chi connectivity index (χ4n) is 0.687.